The van der Waals surface area contributed by atoms with Gasteiger partial charge in [0.2, 0.25) is 5.91 Å². The Labute approximate surface area is 189 Å². The van der Waals surface area contributed by atoms with E-state index in [0.717, 1.165) is 32.6 Å². The van der Waals surface area contributed by atoms with Gasteiger partial charge in [-0.15, -0.1) is 10.2 Å². The summed E-state index contributed by atoms with van der Waals surface area (Å²) in [4.78, 5) is 12.4. The monoisotopic (exact) mass is 488 g/mol. The number of hydrogen-bond donors (Lipinski definition) is 1. The summed E-state index contributed by atoms with van der Waals surface area (Å²) in [7, 11) is 1.88. The Morgan fingerprint density at radius 3 is 2.43 bits per heavy atom. The zero-order valence-corrected chi connectivity index (χ0v) is 20.1. The van der Waals surface area contributed by atoms with Crippen molar-refractivity contribution in [1.29, 1.82) is 0 Å². The van der Waals surface area contributed by atoms with E-state index in [2.05, 4.69) is 37.5 Å². The lowest BCUT2D eigenvalue weighted by molar-refractivity contribution is -0.113. The van der Waals surface area contributed by atoms with Crippen molar-refractivity contribution in [3.8, 4) is 5.75 Å². The van der Waals surface area contributed by atoms with Crippen LogP contribution in [-0.4, -0.2) is 26.4 Å². The first-order valence-electron chi connectivity index (χ1n) is 9.51. The van der Waals surface area contributed by atoms with Crippen molar-refractivity contribution in [1.82, 2.24) is 14.8 Å². The van der Waals surface area contributed by atoms with Crippen LogP contribution in [0.3, 0.4) is 0 Å². The molecule has 8 heteroatoms. The highest BCUT2D eigenvalue weighted by molar-refractivity contribution is 9.10. The largest absolute Gasteiger partial charge is 0.486 e. The lowest BCUT2D eigenvalue weighted by Crippen LogP contribution is -2.15. The van der Waals surface area contributed by atoms with E-state index in [9.17, 15) is 4.79 Å². The van der Waals surface area contributed by atoms with Gasteiger partial charge >= 0.3 is 0 Å². The molecular formula is C22H25BrN4O2S. The third-order valence-corrected chi connectivity index (χ3v) is 6.35. The Bertz CT molecular complexity index is 1060. The molecule has 0 radical (unpaired) electrons. The molecule has 30 heavy (non-hydrogen) atoms. The highest BCUT2D eigenvalue weighted by Crippen LogP contribution is 2.26. The molecule has 0 aliphatic rings. The molecule has 1 N–H and O–H groups in total. The number of ether oxygens (including phenoxy) is 1. The van der Waals surface area contributed by atoms with Crippen molar-refractivity contribution in [2.45, 2.75) is 39.5 Å². The van der Waals surface area contributed by atoms with Crippen molar-refractivity contribution >= 4 is 39.3 Å². The molecule has 6 nitrogen and oxygen atoms in total. The van der Waals surface area contributed by atoms with Gasteiger partial charge in [-0.1, -0.05) is 17.8 Å². The summed E-state index contributed by atoms with van der Waals surface area (Å²) in [6.45, 7) is 8.45. The number of aryl methyl sites for hydroxylation is 4. The zero-order chi connectivity index (χ0) is 21.8. The van der Waals surface area contributed by atoms with E-state index < -0.39 is 0 Å². The first-order chi connectivity index (χ1) is 14.2. The predicted octanol–water partition coefficient (Wildman–Crippen LogP) is 5.12. The number of nitrogens with zero attached hydrogens (tertiary/aromatic N) is 3. The minimum absolute atomic E-state index is 0.0972. The fraction of sp³-hybridized carbons (Fsp3) is 0.318. The molecule has 2 aromatic carbocycles. The van der Waals surface area contributed by atoms with Crippen LogP contribution in [0.4, 0.5) is 5.69 Å². The quantitative estimate of drug-likeness (QED) is 0.467. The first-order valence-corrected chi connectivity index (χ1v) is 11.3. The average molecular weight is 489 g/mol. The maximum Gasteiger partial charge on any atom is 0.234 e. The molecule has 1 amide bonds. The fourth-order valence-electron chi connectivity index (χ4n) is 2.95. The Morgan fingerprint density at radius 1 is 1.07 bits per heavy atom. The molecule has 0 atom stereocenters. The van der Waals surface area contributed by atoms with Crippen LogP contribution >= 0.6 is 27.7 Å². The summed E-state index contributed by atoms with van der Waals surface area (Å²) in [5.41, 5.74) is 5.37. The molecule has 3 aromatic rings. The zero-order valence-electron chi connectivity index (χ0n) is 17.7. The minimum Gasteiger partial charge on any atom is -0.486 e. The number of carbonyl (C=O) groups excluding carboxylic acids is 1. The van der Waals surface area contributed by atoms with E-state index in [0.29, 0.717) is 17.6 Å². The number of carbonyl (C=O) groups is 1. The second-order valence-electron chi connectivity index (χ2n) is 7.32. The van der Waals surface area contributed by atoms with Crippen LogP contribution in [0.15, 0.2) is 40.0 Å². The first kappa shape index (κ1) is 22.4. The van der Waals surface area contributed by atoms with Crippen molar-refractivity contribution in [2.24, 2.45) is 7.05 Å². The maximum absolute atomic E-state index is 12.4. The molecule has 0 bridgehead atoms. The molecule has 0 aliphatic carbocycles. The third kappa shape index (κ3) is 5.64. The molecule has 1 aromatic heterocycles. The summed E-state index contributed by atoms with van der Waals surface area (Å²) >= 11 is 4.85. The van der Waals surface area contributed by atoms with Crippen LogP contribution in [0.5, 0.6) is 5.75 Å². The smallest absolute Gasteiger partial charge is 0.234 e. The van der Waals surface area contributed by atoms with Crippen LogP contribution in [0.25, 0.3) is 0 Å². The topological polar surface area (TPSA) is 69.0 Å². The number of benzene rings is 2. The number of nitrogens with one attached hydrogen (secondary N) is 1. The molecular weight excluding hydrogens is 464 g/mol. The molecule has 0 saturated heterocycles. The SMILES string of the molecule is Cc1cc(C)cc(OCc2nnc(SCC(=O)Nc3cc(C)c(C)cc3Br)n2C)c1. The van der Waals surface area contributed by atoms with Crippen molar-refractivity contribution < 1.29 is 9.53 Å². The lowest BCUT2D eigenvalue weighted by Gasteiger charge is -2.10. The molecule has 0 aliphatic heterocycles. The standard InChI is InChI=1S/C22H25BrN4O2S/c1-13-6-14(2)8-17(7-13)29-11-20-25-26-22(27(20)5)30-12-21(28)24-19-10-16(4)15(3)9-18(19)23/h6-10H,11-12H2,1-5H3,(H,24,28). The van der Waals surface area contributed by atoms with Crippen LogP contribution in [0.2, 0.25) is 0 Å². The number of thioether (sulfide) groups is 1. The average Bonchev–Trinajstić information content (AvgIpc) is 3.02. The van der Waals surface area contributed by atoms with Gasteiger partial charge in [0.15, 0.2) is 11.0 Å². The molecule has 0 saturated carbocycles. The summed E-state index contributed by atoms with van der Waals surface area (Å²) in [5, 5.41) is 12.0. The number of halogens is 1. The molecule has 0 spiro atoms. The summed E-state index contributed by atoms with van der Waals surface area (Å²) in [5.74, 6) is 1.65. The van der Waals surface area contributed by atoms with Gasteiger partial charge in [-0.25, -0.2) is 0 Å². The molecule has 0 fully saturated rings. The van der Waals surface area contributed by atoms with Crippen molar-refractivity contribution in [2.75, 3.05) is 11.1 Å². The molecule has 3 rings (SSSR count). The van der Waals surface area contributed by atoms with Crippen LogP contribution in [0, 0.1) is 27.7 Å². The second kappa shape index (κ2) is 9.66. The Morgan fingerprint density at radius 2 is 1.73 bits per heavy atom. The van der Waals surface area contributed by atoms with Gasteiger partial charge in [-0.2, -0.15) is 0 Å². The summed E-state index contributed by atoms with van der Waals surface area (Å²) in [6.07, 6.45) is 0. The Balaban J connectivity index is 1.57. The second-order valence-corrected chi connectivity index (χ2v) is 9.12. The molecule has 1 heterocycles. The van der Waals surface area contributed by atoms with Crippen molar-refractivity contribution in [3.05, 3.63) is 62.9 Å². The Kier molecular flexibility index (Phi) is 7.20. The van der Waals surface area contributed by atoms with Crippen LogP contribution in [-0.2, 0) is 18.4 Å². The lowest BCUT2D eigenvalue weighted by atomic mass is 10.1. The number of aromatic nitrogens is 3. The Hall–Kier alpha value is -2.32. The predicted molar refractivity (Wildman–Crippen MR) is 124 cm³/mol. The highest BCUT2D eigenvalue weighted by atomic mass is 79.9. The van der Waals surface area contributed by atoms with E-state index in [1.54, 1.807) is 0 Å². The van der Waals surface area contributed by atoms with Gasteiger partial charge in [0.25, 0.3) is 0 Å². The van der Waals surface area contributed by atoms with Gasteiger partial charge in [0, 0.05) is 11.5 Å². The van der Waals surface area contributed by atoms with Crippen LogP contribution < -0.4 is 10.1 Å². The highest BCUT2D eigenvalue weighted by Gasteiger charge is 2.13. The molecule has 158 valence electrons. The third-order valence-electron chi connectivity index (χ3n) is 4.68. The van der Waals surface area contributed by atoms with Crippen LogP contribution in [0.1, 0.15) is 28.1 Å². The summed E-state index contributed by atoms with van der Waals surface area (Å²) in [6, 6.07) is 10.1. The number of hydrogen-bond acceptors (Lipinski definition) is 5. The number of anilines is 1. The van der Waals surface area contributed by atoms with E-state index in [-0.39, 0.29) is 11.7 Å². The molecule has 0 unspecified atom stereocenters. The normalized spacial score (nSPS) is 10.9. The fourth-order valence-corrected chi connectivity index (χ4v) is 4.24. The van der Waals surface area contributed by atoms with E-state index in [1.165, 1.54) is 17.3 Å². The van der Waals surface area contributed by atoms with E-state index in [1.807, 2.05) is 63.6 Å². The van der Waals surface area contributed by atoms with E-state index in [4.69, 9.17) is 4.74 Å². The van der Waals surface area contributed by atoms with E-state index >= 15 is 0 Å². The van der Waals surface area contributed by atoms with Gasteiger partial charge in [0.05, 0.1) is 11.4 Å². The van der Waals surface area contributed by atoms with Gasteiger partial charge in [-0.3, -0.25) is 4.79 Å². The maximum atomic E-state index is 12.4. The number of amides is 1. The van der Waals surface area contributed by atoms with Gasteiger partial charge < -0.3 is 14.6 Å². The summed E-state index contributed by atoms with van der Waals surface area (Å²) < 4.78 is 8.59. The minimum atomic E-state index is -0.0972. The van der Waals surface area contributed by atoms with Gasteiger partial charge in [-0.05, 0) is 90.1 Å². The van der Waals surface area contributed by atoms with Gasteiger partial charge in [0.1, 0.15) is 12.4 Å². The van der Waals surface area contributed by atoms with Crippen molar-refractivity contribution in [3.63, 3.8) is 0 Å². The number of rotatable bonds is 7.